The van der Waals surface area contributed by atoms with Gasteiger partial charge in [-0.1, -0.05) is 32.9 Å². The van der Waals surface area contributed by atoms with Crippen LogP contribution in [0.4, 0.5) is 0 Å². The first kappa shape index (κ1) is 24.0. The van der Waals surface area contributed by atoms with Gasteiger partial charge in [-0.2, -0.15) is 4.52 Å². The maximum absolute atomic E-state index is 12.4. The first-order valence-electron chi connectivity index (χ1n) is 11.3. The van der Waals surface area contributed by atoms with E-state index in [1.807, 2.05) is 36.4 Å². The first-order chi connectivity index (χ1) is 16.8. The second-order valence-corrected chi connectivity index (χ2v) is 8.96. The molecule has 0 spiro atoms. The van der Waals surface area contributed by atoms with Crippen LogP contribution in [0.2, 0.25) is 0 Å². The van der Waals surface area contributed by atoms with Crippen LogP contribution in [0.5, 0.6) is 17.4 Å². The van der Waals surface area contributed by atoms with E-state index in [9.17, 15) is 4.79 Å². The molecule has 1 amide bonds. The molecule has 0 unspecified atom stereocenters. The van der Waals surface area contributed by atoms with Gasteiger partial charge >= 0.3 is 0 Å². The van der Waals surface area contributed by atoms with Crippen molar-refractivity contribution in [2.75, 3.05) is 27.4 Å². The molecule has 4 aromatic rings. The average Bonchev–Trinajstić information content (AvgIpc) is 3.28. The Morgan fingerprint density at radius 1 is 0.971 bits per heavy atom. The molecule has 1 N–H and O–H groups in total. The van der Waals surface area contributed by atoms with Crippen LogP contribution in [0.15, 0.2) is 54.6 Å². The molecule has 0 saturated heterocycles. The standard InChI is InChI=1S/C26H29N5O4/c1-26(2,3)18-8-6-17(7-9-18)25(32)27-14-15-35-23-13-12-22-28-29-24(31(22)30-23)20-11-10-19(33-4)16-21(20)34-5/h6-13,16H,14-15H2,1-5H3,(H,27,32). The highest BCUT2D eigenvalue weighted by Crippen LogP contribution is 2.32. The maximum Gasteiger partial charge on any atom is 0.251 e. The van der Waals surface area contributed by atoms with E-state index in [1.165, 1.54) is 5.56 Å². The van der Waals surface area contributed by atoms with E-state index in [0.717, 1.165) is 5.56 Å². The van der Waals surface area contributed by atoms with Gasteiger partial charge in [-0.15, -0.1) is 15.3 Å². The number of nitrogens with zero attached hydrogens (tertiary/aromatic N) is 4. The summed E-state index contributed by atoms with van der Waals surface area (Å²) in [6, 6.07) is 16.6. The molecule has 9 heteroatoms. The molecular formula is C26H29N5O4. The van der Waals surface area contributed by atoms with Crippen LogP contribution in [-0.4, -0.2) is 53.1 Å². The minimum absolute atomic E-state index is 0.0417. The minimum Gasteiger partial charge on any atom is -0.497 e. The zero-order valence-corrected chi connectivity index (χ0v) is 20.5. The van der Waals surface area contributed by atoms with Gasteiger partial charge in [0.2, 0.25) is 5.88 Å². The molecule has 2 aromatic heterocycles. The van der Waals surface area contributed by atoms with Crippen LogP contribution in [0.3, 0.4) is 0 Å². The molecule has 35 heavy (non-hydrogen) atoms. The molecule has 0 aliphatic heterocycles. The number of methoxy groups -OCH3 is 2. The van der Waals surface area contributed by atoms with E-state index >= 15 is 0 Å². The highest BCUT2D eigenvalue weighted by Gasteiger charge is 2.16. The average molecular weight is 476 g/mol. The number of amides is 1. The van der Waals surface area contributed by atoms with E-state index < -0.39 is 0 Å². The highest BCUT2D eigenvalue weighted by atomic mass is 16.5. The Labute approximate surface area is 204 Å². The van der Waals surface area contributed by atoms with E-state index in [4.69, 9.17) is 14.2 Å². The molecule has 2 heterocycles. The van der Waals surface area contributed by atoms with Crippen molar-refractivity contribution in [1.82, 2.24) is 25.1 Å². The number of benzene rings is 2. The normalized spacial score (nSPS) is 11.3. The molecule has 0 bridgehead atoms. The topological polar surface area (TPSA) is 99.9 Å². The Bertz CT molecular complexity index is 1330. The van der Waals surface area contributed by atoms with Gasteiger partial charge in [0.05, 0.1) is 26.3 Å². The van der Waals surface area contributed by atoms with Crippen LogP contribution in [-0.2, 0) is 5.41 Å². The predicted octanol–water partition coefficient (Wildman–Crippen LogP) is 3.91. The molecule has 0 fully saturated rings. The van der Waals surface area contributed by atoms with Crippen LogP contribution < -0.4 is 19.5 Å². The number of nitrogens with one attached hydrogen (secondary N) is 1. The summed E-state index contributed by atoms with van der Waals surface area (Å²) in [5.41, 5.74) is 3.12. The SMILES string of the molecule is COc1ccc(-c2nnc3ccc(OCCNC(=O)c4ccc(C(C)(C)C)cc4)nn23)c(OC)c1. The zero-order chi connectivity index (χ0) is 25.0. The molecule has 0 saturated carbocycles. The van der Waals surface area contributed by atoms with Crippen LogP contribution in [0.25, 0.3) is 17.0 Å². The third-order valence-corrected chi connectivity index (χ3v) is 5.54. The summed E-state index contributed by atoms with van der Waals surface area (Å²) in [6.45, 7) is 7.01. The molecule has 182 valence electrons. The Balaban J connectivity index is 1.40. The third kappa shape index (κ3) is 5.34. The quantitative estimate of drug-likeness (QED) is 0.386. The fourth-order valence-corrected chi connectivity index (χ4v) is 3.54. The lowest BCUT2D eigenvalue weighted by Crippen LogP contribution is -2.28. The van der Waals surface area contributed by atoms with E-state index in [0.29, 0.717) is 41.0 Å². The van der Waals surface area contributed by atoms with Crippen LogP contribution in [0, 0.1) is 0 Å². The van der Waals surface area contributed by atoms with Crippen molar-refractivity contribution in [3.8, 4) is 28.8 Å². The maximum atomic E-state index is 12.4. The third-order valence-electron chi connectivity index (χ3n) is 5.54. The van der Waals surface area contributed by atoms with Crippen molar-refractivity contribution in [3.63, 3.8) is 0 Å². The summed E-state index contributed by atoms with van der Waals surface area (Å²) in [7, 11) is 3.17. The first-order valence-corrected chi connectivity index (χ1v) is 11.3. The monoisotopic (exact) mass is 475 g/mol. The Morgan fingerprint density at radius 3 is 2.43 bits per heavy atom. The lowest BCUT2D eigenvalue weighted by molar-refractivity contribution is 0.0946. The minimum atomic E-state index is -0.148. The number of hydrogen-bond donors (Lipinski definition) is 1. The second kappa shape index (κ2) is 10.0. The largest absolute Gasteiger partial charge is 0.497 e. The van der Waals surface area contributed by atoms with Gasteiger partial charge in [0.1, 0.15) is 18.1 Å². The number of carbonyl (C=O) groups excluding carboxylic acids is 1. The molecule has 4 rings (SSSR count). The summed E-state index contributed by atoms with van der Waals surface area (Å²) >= 11 is 0. The number of fused-ring (bicyclic) bond motifs is 1. The van der Waals surface area contributed by atoms with Gasteiger partial charge in [-0.25, -0.2) is 0 Å². The van der Waals surface area contributed by atoms with Crippen molar-refractivity contribution in [2.24, 2.45) is 0 Å². The molecule has 9 nitrogen and oxygen atoms in total. The fourth-order valence-electron chi connectivity index (χ4n) is 3.54. The Kier molecular flexibility index (Phi) is 6.86. The molecule has 0 atom stereocenters. The molecule has 0 aliphatic rings. The van der Waals surface area contributed by atoms with Gasteiger partial charge in [0, 0.05) is 17.7 Å². The number of carbonyl (C=O) groups is 1. The predicted molar refractivity (Wildman–Crippen MR) is 132 cm³/mol. The van der Waals surface area contributed by atoms with Gasteiger partial charge in [0.25, 0.3) is 5.91 Å². The van der Waals surface area contributed by atoms with E-state index in [2.05, 4.69) is 41.4 Å². The number of hydrogen-bond acceptors (Lipinski definition) is 7. The Morgan fingerprint density at radius 2 is 1.74 bits per heavy atom. The van der Waals surface area contributed by atoms with E-state index in [-0.39, 0.29) is 17.9 Å². The molecule has 0 radical (unpaired) electrons. The Hall–Kier alpha value is -4.14. The summed E-state index contributed by atoms with van der Waals surface area (Å²) in [6.07, 6.45) is 0. The second-order valence-electron chi connectivity index (χ2n) is 8.96. The van der Waals surface area contributed by atoms with Crippen LogP contribution in [0.1, 0.15) is 36.7 Å². The summed E-state index contributed by atoms with van der Waals surface area (Å²) < 4.78 is 18.1. The molecule has 0 aliphatic carbocycles. The fraction of sp³-hybridized carbons (Fsp3) is 0.308. The van der Waals surface area contributed by atoms with Gasteiger partial charge in [0.15, 0.2) is 11.5 Å². The highest BCUT2D eigenvalue weighted by molar-refractivity contribution is 5.94. The van der Waals surface area contributed by atoms with Crippen molar-refractivity contribution in [1.29, 1.82) is 0 Å². The summed E-state index contributed by atoms with van der Waals surface area (Å²) in [5, 5.41) is 15.8. The summed E-state index contributed by atoms with van der Waals surface area (Å²) in [4.78, 5) is 12.4. The zero-order valence-electron chi connectivity index (χ0n) is 20.5. The number of ether oxygens (including phenoxy) is 3. The molecular weight excluding hydrogens is 446 g/mol. The van der Waals surface area contributed by atoms with Gasteiger partial charge in [-0.05, 0) is 41.3 Å². The lowest BCUT2D eigenvalue weighted by atomic mass is 9.87. The van der Waals surface area contributed by atoms with Crippen molar-refractivity contribution < 1.29 is 19.0 Å². The van der Waals surface area contributed by atoms with Crippen molar-refractivity contribution in [2.45, 2.75) is 26.2 Å². The van der Waals surface area contributed by atoms with Crippen molar-refractivity contribution in [3.05, 3.63) is 65.7 Å². The smallest absolute Gasteiger partial charge is 0.251 e. The van der Waals surface area contributed by atoms with Crippen LogP contribution >= 0.6 is 0 Å². The lowest BCUT2D eigenvalue weighted by Gasteiger charge is -2.19. The number of aromatic nitrogens is 4. The van der Waals surface area contributed by atoms with E-state index in [1.54, 1.807) is 36.9 Å². The van der Waals surface area contributed by atoms with Gasteiger partial charge < -0.3 is 19.5 Å². The number of rotatable bonds is 8. The summed E-state index contributed by atoms with van der Waals surface area (Å²) in [5.74, 6) is 2.01. The van der Waals surface area contributed by atoms with Gasteiger partial charge in [-0.3, -0.25) is 4.79 Å². The molecule has 2 aromatic carbocycles. The van der Waals surface area contributed by atoms with Crippen molar-refractivity contribution >= 4 is 11.6 Å².